The third kappa shape index (κ3) is 4.89. The van der Waals surface area contributed by atoms with Crippen LogP contribution in [0.15, 0.2) is 30.3 Å². The Morgan fingerprint density at radius 2 is 1.74 bits per heavy atom. The molecular weight excluding hydrogens is 443 g/mol. The van der Waals surface area contributed by atoms with Gasteiger partial charge in [-0.3, -0.25) is 0 Å². The maximum Gasteiger partial charge on any atom is 0.534 e. The molecule has 0 radical (unpaired) electrons. The van der Waals surface area contributed by atoms with E-state index in [0.717, 1.165) is 6.07 Å². The molecular formula is C18H18F3N3O6S. The SMILES string of the molecule is O=S(=O)(Oc1cc(-c2cccc(C3OCCO3)c2)nc(N2CCOCC2)n1)C(F)(F)F. The Hall–Kier alpha value is -2.48. The van der Waals surface area contributed by atoms with E-state index in [2.05, 4.69) is 14.2 Å². The van der Waals surface area contributed by atoms with Gasteiger partial charge in [0.05, 0.1) is 32.1 Å². The van der Waals surface area contributed by atoms with Gasteiger partial charge in [-0.05, 0) is 6.07 Å². The van der Waals surface area contributed by atoms with Crippen LogP contribution in [0.1, 0.15) is 11.9 Å². The van der Waals surface area contributed by atoms with Crippen LogP contribution in [0.5, 0.6) is 5.88 Å². The number of alkyl halides is 3. The van der Waals surface area contributed by atoms with Gasteiger partial charge in [-0.15, -0.1) is 0 Å². The fraction of sp³-hybridized carbons (Fsp3) is 0.444. The lowest BCUT2D eigenvalue weighted by molar-refractivity contribution is -0.0501. The van der Waals surface area contributed by atoms with Gasteiger partial charge in [0.1, 0.15) is 0 Å². The van der Waals surface area contributed by atoms with E-state index in [1.54, 1.807) is 29.2 Å². The zero-order chi connectivity index (χ0) is 22.1. The lowest BCUT2D eigenvalue weighted by Gasteiger charge is -2.27. The first-order chi connectivity index (χ1) is 14.7. The summed E-state index contributed by atoms with van der Waals surface area (Å²) in [5.74, 6) is -0.700. The zero-order valence-corrected chi connectivity index (χ0v) is 16.9. The minimum atomic E-state index is -5.89. The van der Waals surface area contributed by atoms with Crippen molar-refractivity contribution in [2.45, 2.75) is 11.8 Å². The van der Waals surface area contributed by atoms with E-state index >= 15 is 0 Å². The fourth-order valence-corrected chi connectivity index (χ4v) is 3.47. The summed E-state index contributed by atoms with van der Waals surface area (Å²) < 4.78 is 81.9. The first-order valence-corrected chi connectivity index (χ1v) is 10.7. The average molecular weight is 461 g/mol. The highest BCUT2D eigenvalue weighted by Crippen LogP contribution is 2.32. The molecule has 2 aromatic rings. The molecule has 4 rings (SSSR count). The molecule has 9 nitrogen and oxygen atoms in total. The quantitative estimate of drug-likeness (QED) is 0.490. The van der Waals surface area contributed by atoms with E-state index in [1.165, 1.54) is 0 Å². The Balaban J connectivity index is 1.73. The monoisotopic (exact) mass is 461 g/mol. The lowest BCUT2D eigenvalue weighted by atomic mass is 10.1. The Bertz CT molecular complexity index is 1040. The van der Waals surface area contributed by atoms with Crippen LogP contribution in [0.4, 0.5) is 19.1 Å². The summed E-state index contributed by atoms with van der Waals surface area (Å²) in [6, 6.07) is 7.90. The van der Waals surface area contributed by atoms with Gasteiger partial charge in [-0.1, -0.05) is 18.2 Å². The highest BCUT2D eigenvalue weighted by atomic mass is 32.2. The van der Waals surface area contributed by atoms with E-state index in [0.29, 0.717) is 50.6 Å². The van der Waals surface area contributed by atoms with Gasteiger partial charge in [-0.2, -0.15) is 26.6 Å². The molecule has 168 valence electrons. The van der Waals surface area contributed by atoms with Gasteiger partial charge in [-0.25, -0.2) is 4.98 Å². The summed E-state index contributed by atoms with van der Waals surface area (Å²) in [6.07, 6.45) is -0.568. The highest BCUT2D eigenvalue weighted by molar-refractivity contribution is 7.87. The smallest absolute Gasteiger partial charge is 0.378 e. The molecule has 31 heavy (non-hydrogen) atoms. The second kappa shape index (κ2) is 8.57. The van der Waals surface area contributed by atoms with E-state index in [-0.39, 0.29) is 11.6 Å². The largest absolute Gasteiger partial charge is 0.534 e. The molecule has 2 fully saturated rings. The molecule has 0 N–H and O–H groups in total. The predicted molar refractivity (Wildman–Crippen MR) is 101 cm³/mol. The molecule has 0 unspecified atom stereocenters. The summed E-state index contributed by atoms with van der Waals surface area (Å²) in [7, 11) is -5.89. The lowest BCUT2D eigenvalue weighted by Crippen LogP contribution is -2.37. The maximum atomic E-state index is 12.8. The Kier molecular flexibility index (Phi) is 6.01. The molecule has 1 aromatic heterocycles. The van der Waals surface area contributed by atoms with Crippen LogP contribution in [-0.2, 0) is 24.3 Å². The summed E-state index contributed by atoms with van der Waals surface area (Å²) in [5, 5.41) is 0. The van der Waals surface area contributed by atoms with Gasteiger partial charge < -0.3 is 23.3 Å². The number of hydrogen-bond acceptors (Lipinski definition) is 9. The topological polar surface area (TPSA) is 100 Å². The van der Waals surface area contributed by atoms with Gasteiger partial charge in [0.15, 0.2) is 6.29 Å². The van der Waals surface area contributed by atoms with Gasteiger partial charge >= 0.3 is 15.6 Å². The molecule has 3 heterocycles. The number of benzene rings is 1. The van der Waals surface area contributed by atoms with Crippen molar-refractivity contribution in [3.63, 3.8) is 0 Å². The third-order valence-electron chi connectivity index (χ3n) is 4.54. The van der Waals surface area contributed by atoms with E-state index < -0.39 is 27.8 Å². The number of morpholine rings is 1. The Morgan fingerprint density at radius 1 is 1.03 bits per heavy atom. The van der Waals surface area contributed by atoms with Crippen molar-refractivity contribution in [3.05, 3.63) is 35.9 Å². The molecule has 2 saturated heterocycles. The van der Waals surface area contributed by atoms with Crippen molar-refractivity contribution < 1.29 is 40.0 Å². The number of aromatic nitrogens is 2. The van der Waals surface area contributed by atoms with Crippen LogP contribution >= 0.6 is 0 Å². The average Bonchev–Trinajstić information content (AvgIpc) is 3.28. The maximum absolute atomic E-state index is 12.8. The van der Waals surface area contributed by atoms with E-state index in [4.69, 9.17) is 14.2 Å². The number of nitrogens with zero attached hydrogens (tertiary/aromatic N) is 3. The van der Waals surface area contributed by atoms with Crippen molar-refractivity contribution in [2.24, 2.45) is 0 Å². The second-order valence-electron chi connectivity index (χ2n) is 6.67. The summed E-state index contributed by atoms with van der Waals surface area (Å²) >= 11 is 0. The van der Waals surface area contributed by atoms with Crippen LogP contribution in [0.3, 0.4) is 0 Å². The normalized spacial score (nSPS) is 18.4. The number of ether oxygens (including phenoxy) is 3. The first-order valence-electron chi connectivity index (χ1n) is 9.29. The molecule has 0 saturated carbocycles. The van der Waals surface area contributed by atoms with Crippen LogP contribution in [-0.4, -0.2) is 63.4 Å². The van der Waals surface area contributed by atoms with E-state index in [1.807, 2.05) is 0 Å². The predicted octanol–water partition coefficient (Wildman–Crippen LogP) is 2.25. The number of anilines is 1. The van der Waals surface area contributed by atoms with Crippen LogP contribution in [0.2, 0.25) is 0 Å². The zero-order valence-electron chi connectivity index (χ0n) is 16.0. The fourth-order valence-electron chi connectivity index (χ4n) is 3.06. The van der Waals surface area contributed by atoms with Crippen LogP contribution in [0, 0.1) is 0 Å². The molecule has 0 atom stereocenters. The standard InChI is InChI=1S/C18H18F3N3O6S/c19-18(20,21)31(25,26)30-15-11-14(22-17(23-15)24-4-6-27-7-5-24)12-2-1-3-13(10-12)16-28-8-9-29-16/h1-3,10-11,16H,4-9H2. The molecule has 0 bridgehead atoms. The summed E-state index contributed by atoms with van der Waals surface area (Å²) in [4.78, 5) is 9.97. The molecule has 2 aliphatic heterocycles. The summed E-state index contributed by atoms with van der Waals surface area (Å²) in [6.45, 7) is 2.40. The molecule has 0 amide bonds. The third-order valence-corrected chi connectivity index (χ3v) is 5.50. The van der Waals surface area contributed by atoms with Gasteiger partial charge in [0.25, 0.3) is 0 Å². The van der Waals surface area contributed by atoms with Crippen molar-refractivity contribution >= 4 is 16.1 Å². The second-order valence-corrected chi connectivity index (χ2v) is 8.21. The Morgan fingerprint density at radius 3 is 2.42 bits per heavy atom. The Labute approximate surface area is 175 Å². The summed E-state index contributed by atoms with van der Waals surface area (Å²) in [5.41, 5.74) is -4.22. The van der Waals surface area contributed by atoms with Gasteiger partial charge in [0, 0.05) is 30.3 Å². The van der Waals surface area contributed by atoms with Crippen LogP contribution < -0.4 is 9.08 Å². The van der Waals surface area contributed by atoms with Gasteiger partial charge in [0.2, 0.25) is 11.8 Å². The minimum Gasteiger partial charge on any atom is -0.378 e. The molecule has 13 heteroatoms. The van der Waals surface area contributed by atoms with Crippen molar-refractivity contribution in [1.82, 2.24) is 9.97 Å². The molecule has 0 spiro atoms. The van der Waals surface area contributed by atoms with Crippen molar-refractivity contribution in [3.8, 4) is 17.1 Å². The molecule has 2 aliphatic rings. The molecule has 1 aromatic carbocycles. The first kappa shape index (κ1) is 21.7. The number of halogens is 3. The minimum absolute atomic E-state index is 0.0342. The van der Waals surface area contributed by atoms with Crippen molar-refractivity contribution in [1.29, 1.82) is 0 Å². The highest BCUT2D eigenvalue weighted by Gasteiger charge is 2.49. The van der Waals surface area contributed by atoms with Crippen molar-refractivity contribution in [2.75, 3.05) is 44.4 Å². The number of hydrogen-bond donors (Lipinski definition) is 0. The van der Waals surface area contributed by atoms with E-state index in [9.17, 15) is 21.6 Å². The molecule has 0 aliphatic carbocycles. The van der Waals surface area contributed by atoms with Crippen LogP contribution in [0.25, 0.3) is 11.3 Å². The number of rotatable bonds is 5.